The highest BCUT2D eigenvalue weighted by molar-refractivity contribution is 4.93. The Hall–Kier alpha value is -0.300. The van der Waals surface area contributed by atoms with Crippen molar-refractivity contribution in [1.29, 1.82) is 0 Å². The largest absolute Gasteiger partial charge is 0.230 e. The Kier molecular flexibility index (Phi) is 2.23. The maximum Gasteiger partial charge on any atom is 0.102 e. The highest BCUT2D eigenvalue weighted by Gasteiger charge is 2.13. The molecule has 8 heavy (non-hydrogen) atoms. The minimum atomic E-state index is -0.828. The third-order valence-corrected chi connectivity index (χ3v) is 0.727. The Labute approximate surface area is 51.0 Å². The fourth-order valence-corrected chi connectivity index (χ4v) is 0.727. The summed E-state index contributed by atoms with van der Waals surface area (Å²) < 4.78 is 0. The van der Waals surface area contributed by atoms with Gasteiger partial charge in [0, 0.05) is 0 Å². The monoisotopic (exact) mass is 113 g/mol. The minimum Gasteiger partial charge on any atom is -0.230 e. The second-order valence-corrected chi connectivity index (χ2v) is 2.89. The molecule has 0 unspecified atom stereocenters. The van der Waals surface area contributed by atoms with Gasteiger partial charge in [0.1, 0.15) is 5.60 Å². The predicted molar refractivity (Wildman–Crippen MR) is 34.2 cm³/mol. The van der Waals surface area contributed by atoms with E-state index in [1.165, 1.54) is 0 Å². The molecule has 1 heteroatoms. The summed E-state index contributed by atoms with van der Waals surface area (Å²) in [6.45, 7) is 8.85. The van der Waals surface area contributed by atoms with E-state index in [-0.39, 0.29) is 0 Å². The van der Waals surface area contributed by atoms with Gasteiger partial charge in [-0.1, -0.05) is 5.57 Å². The summed E-state index contributed by atoms with van der Waals surface area (Å²) in [7, 11) is 0. The summed E-state index contributed by atoms with van der Waals surface area (Å²) in [6.07, 6.45) is 0.576. The molecule has 0 fully saturated rings. The molecule has 0 aliphatic heterocycles. The maximum absolute atomic E-state index is 10.9. The molecule has 0 aliphatic rings. The molecule has 0 saturated carbocycles. The van der Waals surface area contributed by atoms with Crippen molar-refractivity contribution in [3.63, 3.8) is 0 Å². The summed E-state index contributed by atoms with van der Waals surface area (Å²) in [5, 5.41) is 10.9. The van der Waals surface area contributed by atoms with Gasteiger partial charge in [0.15, 0.2) is 0 Å². The molecule has 0 atom stereocenters. The molecular formula is C7H13O. The van der Waals surface area contributed by atoms with E-state index in [1.54, 1.807) is 13.8 Å². The summed E-state index contributed by atoms with van der Waals surface area (Å²) >= 11 is 0. The molecule has 1 nitrogen and oxygen atoms in total. The normalized spacial score (nSPS) is 11.5. The van der Waals surface area contributed by atoms with Crippen molar-refractivity contribution in [2.24, 2.45) is 0 Å². The standard InChI is InChI=1S/C7H13O/c1-6(2)5-7(3,4)8/h1,5H2,2-4H3. The van der Waals surface area contributed by atoms with Crippen LogP contribution in [-0.2, 0) is 5.11 Å². The van der Waals surface area contributed by atoms with E-state index in [2.05, 4.69) is 6.58 Å². The summed E-state index contributed by atoms with van der Waals surface area (Å²) in [5.41, 5.74) is 0.135. The molecule has 0 heterocycles. The lowest BCUT2D eigenvalue weighted by Crippen LogP contribution is -2.15. The van der Waals surface area contributed by atoms with Crippen LogP contribution in [0.2, 0.25) is 0 Å². The lowest BCUT2D eigenvalue weighted by atomic mass is 10.0. The molecule has 0 aromatic heterocycles. The molecule has 0 amide bonds. The van der Waals surface area contributed by atoms with Crippen LogP contribution in [0.5, 0.6) is 0 Å². The first-order valence-electron chi connectivity index (χ1n) is 2.76. The van der Waals surface area contributed by atoms with Crippen LogP contribution >= 0.6 is 0 Å². The van der Waals surface area contributed by atoms with Gasteiger partial charge >= 0.3 is 0 Å². The molecule has 0 rings (SSSR count). The maximum atomic E-state index is 10.9. The summed E-state index contributed by atoms with van der Waals surface area (Å²) in [5.74, 6) is 0. The van der Waals surface area contributed by atoms with Crippen molar-refractivity contribution in [1.82, 2.24) is 0 Å². The number of hydrogen-bond acceptors (Lipinski definition) is 0. The highest BCUT2D eigenvalue weighted by atomic mass is 16.3. The van der Waals surface area contributed by atoms with Gasteiger partial charge in [-0.15, -0.1) is 6.58 Å². The smallest absolute Gasteiger partial charge is 0.102 e. The van der Waals surface area contributed by atoms with E-state index < -0.39 is 5.60 Å². The average Bonchev–Trinajstić information content (AvgIpc) is 1.21. The van der Waals surface area contributed by atoms with Gasteiger partial charge < -0.3 is 0 Å². The van der Waals surface area contributed by atoms with Crippen LogP contribution in [-0.4, -0.2) is 5.60 Å². The van der Waals surface area contributed by atoms with E-state index >= 15 is 0 Å². The fourth-order valence-electron chi connectivity index (χ4n) is 0.727. The van der Waals surface area contributed by atoms with Crippen LogP contribution in [0.4, 0.5) is 0 Å². The van der Waals surface area contributed by atoms with Gasteiger partial charge in [-0.05, 0) is 27.2 Å². The fraction of sp³-hybridized carbons (Fsp3) is 0.714. The van der Waals surface area contributed by atoms with Crippen molar-refractivity contribution in [3.05, 3.63) is 12.2 Å². The van der Waals surface area contributed by atoms with Crippen molar-refractivity contribution >= 4 is 0 Å². The zero-order valence-electron chi connectivity index (χ0n) is 5.82. The second-order valence-electron chi connectivity index (χ2n) is 2.89. The molecule has 47 valence electrons. The topological polar surface area (TPSA) is 19.9 Å². The Morgan fingerprint density at radius 1 is 1.62 bits per heavy atom. The van der Waals surface area contributed by atoms with Crippen LogP contribution in [0.15, 0.2) is 12.2 Å². The van der Waals surface area contributed by atoms with Gasteiger partial charge in [-0.3, -0.25) is 0 Å². The Morgan fingerprint density at radius 2 is 2.00 bits per heavy atom. The van der Waals surface area contributed by atoms with Gasteiger partial charge in [0.2, 0.25) is 0 Å². The molecule has 0 aromatic carbocycles. The van der Waals surface area contributed by atoms with Gasteiger partial charge in [0.05, 0.1) is 0 Å². The minimum absolute atomic E-state index is 0.576. The van der Waals surface area contributed by atoms with E-state index in [4.69, 9.17) is 0 Å². The van der Waals surface area contributed by atoms with Crippen LogP contribution in [0.3, 0.4) is 0 Å². The average molecular weight is 113 g/mol. The van der Waals surface area contributed by atoms with E-state index in [9.17, 15) is 5.11 Å². The van der Waals surface area contributed by atoms with E-state index in [0.717, 1.165) is 5.57 Å². The van der Waals surface area contributed by atoms with Gasteiger partial charge in [0.25, 0.3) is 0 Å². The Morgan fingerprint density at radius 3 is 2.00 bits per heavy atom. The number of hydrogen-bond donors (Lipinski definition) is 0. The Balaban J connectivity index is 3.55. The lowest BCUT2D eigenvalue weighted by Gasteiger charge is -2.12. The first-order valence-corrected chi connectivity index (χ1v) is 2.76. The SMILES string of the molecule is C=C(C)CC(C)(C)[O]. The third kappa shape index (κ3) is 5.70. The van der Waals surface area contributed by atoms with Crippen molar-refractivity contribution < 1.29 is 5.11 Å². The van der Waals surface area contributed by atoms with E-state index in [1.807, 2.05) is 6.92 Å². The molecular weight excluding hydrogens is 100 g/mol. The molecule has 0 saturated heterocycles. The quantitative estimate of drug-likeness (QED) is 0.489. The summed E-state index contributed by atoms with van der Waals surface area (Å²) in [4.78, 5) is 0. The lowest BCUT2D eigenvalue weighted by molar-refractivity contribution is 0.00497. The van der Waals surface area contributed by atoms with Crippen LogP contribution in [0, 0.1) is 0 Å². The van der Waals surface area contributed by atoms with Gasteiger partial charge in [-0.25, -0.2) is 5.11 Å². The first-order chi connectivity index (χ1) is 3.42. The van der Waals surface area contributed by atoms with E-state index in [0.29, 0.717) is 6.42 Å². The third-order valence-electron chi connectivity index (χ3n) is 0.727. The van der Waals surface area contributed by atoms with Gasteiger partial charge in [-0.2, -0.15) is 0 Å². The van der Waals surface area contributed by atoms with Crippen molar-refractivity contribution in [2.45, 2.75) is 32.8 Å². The van der Waals surface area contributed by atoms with Crippen LogP contribution in [0.25, 0.3) is 0 Å². The predicted octanol–water partition coefficient (Wildman–Crippen LogP) is 2.16. The molecule has 0 N–H and O–H groups in total. The first kappa shape index (κ1) is 7.70. The summed E-state index contributed by atoms with van der Waals surface area (Å²) in [6, 6.07) is 0. The zero-order valence-corrected chi connectivity index (χ0v) is 5.82. The zero-order chi connectivity index (χ0) is 6.78. The second kappa shape index (κ2) is 2.31. The highest BCUT2D eigenvalue weighted by Crippen LogP contribution is 2.13. The molecule has 0 aliphatic carbocycles. The van der Waals surface area contributed by atoms with Crippen molar-refractivity contribution in [2.75, 3.05) is 0 Å². The van der Waals surface area contributed by atoms with Crippen LogP contribution < -0.4 is 0 Å². The molecule has 0 spiro atoms. The number of rotatable bonds is 2. The van der Waals surface area contributed by atoms with Crippen LogP contribution in [0.1, 0.15) is 27.2 Å². The Bertz CT molecular complexity index is 87.1. The molecule has 1 radical (unpaired) electrons. The van der Waals surface area contributed by atoms with Crippen molar-refractivity contribution in [3.8, 4) is 0 Å². The molecule has 0 bridgehead atoms. The molecule has 0 aromatic rings.